The lowest BCUT2D eigenvalue weighted by Crippen LogP contribution is -2.61. The van der Waals surface area contributed by atoms with E-state index in [1.54, 1.807) is 0 Å². The first-order valence-corrected chi connectivity index (χ1v) is 32.5. The summed E-state index contributed by atoms with van der Waals surface area (Å²) in [4.78, 5) is 4.13. The van der Waals surface area contributed by atoms with E-state index >= 15 is 0 Å². The van der Waals surface area contributed by atoms with Gasteiger partial charge < -0.3 is 18.8 Å². The Hall–Kier alpha value is -10.9. The fourth-order valence-corrected chi connectivity index (χ4v) is 14.2. The SMILES string of the molecule is [2H]c1c([2H])c(-c2cccc3c2oc2ccccc23)c([2H])c2c1B1c3c(cc(C(C)(C)C)cc3N(c3c(-c4ccccc4)cc(C(C)(C)C)cc3-c3ccccc3)c3c([2H])c(-n4c5c([2H])c([2H])c([2H])c([2H])c5c5c([2H])c([2H])c([2H])c([2H])c54)c([2H])c([2H])c31)N2c1c(-c2ccccc2)cc(C(C)(C)C)cc1-c1ccccc1. The van der Waals surface area contributed by atoms with Crippen LogP contribution in [0.5, 0.6) is 0 Å². The van der Waals surface area contributed by atoms with Gasteiger partial charge in [0.1, 0.15) is 11.2 Å². The molecule has 458 valence electrons. The normalized spacial score (nSPS) is 15.1. The average molecular weight is 1240 g/mol. The van der Waals surface area contributed by atoms with Crippen LogP contribution in [0.2, 0.25) is 0 Å². The lowest BCUT2D eigenvalue weighted by atomic mass is 9.33. The van der Waals surface area contributed by atoms with Gasteiger partial charge in [0.2, 0.25) is 0 Å². The molecular formula is C90H74BN3O. The highest BCUT2D eigenvalue weighted by atomic mass is 16.3. The lowest BCUT2D eigenvalue weighted by Gasteiger charge is -2.47. The molecule has 0 spiro atoms. The van der Waals surface area contributed by atoms with Crippen molar-refractivity contribution in [2.24, 2.45) is 0 Å². The number of hydrogen-bond acceptors (Lipinski definition) is 3. The first kappa shape index (κ1) is 44.6. The first-order chi connectivity index (χ1) is 51.9. The molecule has 0 fully saturated rings. The van der Waals surface area contributed by atoms with Crippen LogP contribution < -0.4 is 26.2 Å². The van der Waals surface area contributed by atoms with E-state index in [1.165, 1.54) is 4.57 Å². The van der Waals surface area contributed by atoms with Crippen LogP contribution in [0.4, 0.5) is 34.1 Å². The predicted octanol–water partition coefficient (Wildman–Crippen LogP) is 23.0. The second-order valence-electron chi connectivity index (χ2n) is 28.1. The van der Waals surface area contributed by atoms with Crippen molar-refractivity contribution in [3.8, 4) is 61.3 Å². The third-order valence-electron chi connectivity index (χ3n) is 19.1. The number of nitrogens with zero attached hydrogens (tertiary/aromatic N) is 3. The van der Waals surface area contributed by atoms with Crippen LogP contribution in [-0.4, -0.2) is 11.3 Å². The molecule has 0 amide bonds. The maximum Gasteiger partial charge on any atom is 0.252 e. The number of fused-ring (bicyclic) bond motifs is 10. The summed E-state index contributed by atoms with van der Waals surface area (Å²) in [6.07, 6.45) is 0. The zero-order valence-corrected chi connectivity index (χ0v) is 54.4. The third-order valence-corrected chi connectivity index (χ3v) is 19.1. The van der Waals surface area contributed by atoms with Crippen molar-refractivity contribution in [2.45, 2.75) is 78.6 Å². The summed E-state index contributed by atoms with van der Waals surface area (Å²) in [5.74, 6) is 0. The molecule has 0 saturated heterocycles. The Labute approximate surface area is 577 Å². The fraction of sp³-hybridized carbons (Fsp3) is 0.133. The molecule has 0 aliphatic carbocycles. The summed E-state index contributed by atoms with van der Waals surface area (Å²) in [6.45, 7) is 18.0. The quantitative estimate of drug-likeness (QED) is 0.142. The minimum Gasteiger partial charge on any atom is -0.455 e. The summed E-state index contributed by atoms with van der Waals surface area (Å²) < 4.78 is 151. The summed E-state index contributed by atoms with van der Waals surface area (Å²) in [5, 5.41) is 1.02. The number of anilines is 6. The van der Waals surface area contributed by atoms with E-state index in [0.717, 1.165) is 60.8 Å². The Morgan fingerprint density at radius 2 is 0.758 bits per heavy atom. The van der Waals surface area contributed by atoms with Crippen molar-refractivity contribution in [3.05, 3.63) is 301 Å². The molecule has 0 atom stereocenters. The zero-order chi connectivity index (χ0) is 76.8. The van der Waals surface area contributed by atoms with E-state index in [2.05, 4.69) is 128 Å². The van der Waals surface area contributed by atoms with Crippen molar-refractivity contribution in [1.29, 1.82) is 0 Å². The molecule has 0 saturated carbocycles. The van der Waals surface area contributed by atoms with Crippen molar-refractivity contribution in [1.82, 2.24) is 4.57 Å². The maximum absolute atomic E-state index is 11.6. The summed E-state index contributed by atoms with van der Waals surface area (Å²) in [7, 11) is 0. The van der Waals surface area contributed by atoms with Gasteiger partial charge in [-0.25, -0.2) is 0 Å². The molecule has 95 heavy (non-hydrogen) atoms. The summed E-state index contributed by atoms with van der Waals surface area (Å²) in [5.41, 5.74) is 10.8. The molecule has 0 bridgehead atoms. The summed E-state index contributed by atoms with van der Waals surface area (Å²) in [6, 6.07) is 58.8. The molecule has 17 rings (SSSR count). The number of rotatable bonds is 8. The van der Waals surface area contributed by atoms with Crippen molar-refractivity contribution in [2.75, 3.05) is 9.80 Å². The second-order valence-corrected chi connectivity index (χ2v) is 28.1. The van der Waals surface area contributed by atoms with Gasteiger partial charge in [0, 0.05) is 77.8 Å². The van der Waals surface area contributed by atoms with Gasteiger partial charge in [-0.3, -0.25) is 0 Å². The van der Waals surface area contributed by atoms with Gasteiger partial charge in [0.05, 0.1) is 41.6 Å². The van der Waals surface area contributed by atoms with Gasteiger partial charge in [0.25, 0.3) is 6.71 Å². The van der Waals surface area contributed by atoms with Crippen LogP contribution in [0, 0.1) is 0 Å². The largest absolute Gasteiger partial charge is 0.455 e. The van der Waals surface area contributed by atoms with E-state index in [0.29, 0.717) is 56.1 Å². The topological polar surface area (TPSA) is 24.6 Å². The number of aromatic nitrogens is 1. The van der Waals surface area contributed by atoms with Crippen LogP contribution in [-0.2, 0) is 16.2 Å². The van der Waals surface area contributed by atoms with Crippen LogP contribution in [0.25, 0.3) is 105 Å². The van der Waals surface area contributed by atoms with Crippen molar-refractivity contribution >= 4 is 101 Å². The van der Waals surface area contributed by atoms with Crippen molar-refractivity contribution < 1.29 is 23.6 Å². The van der Waals surface area contributed by atoms with Gasteiger partial charge in [-0.1, -0.05) is 274 Å². The van der Waals surface area contributed by atoms with E-state index in [-0.39, 0.29) is 67.8 Å². The Morgan fingerprint density at radius 3 is 1.23 bits per heavy atom. The maximum atomic E-state index is 11.6. The predicted molar refractivity (Wildman–Crippen MR) is 405 cm³/mol. The number of benzene rings is 13. The smallest absolute Gasteiger partial charge is 0.252 e. The lowest BCUT2D eigenvalue weighted by molar-refractivity contribution is 0.590. The molecule has 13 aromatic carbocycles. The van der Waals surface area contributed by atoms with Gasteiger partial charge in [0.15, 0.2) is 0 Å². The Bertz CT molecular complexity index is 6220. The minimum atomic E-state index is -1.38. The molecular weight excluding hydrogens is 1150 g/mol. The van der Waals surface area contributed by atoms with Crippen LogP contribution in [0.3, 0.4) is 0 Å². The molecule has 4 heterocycles. The van der Waals surface area contributed by atoms with E-state index in [4.69, 9.17) is 7.16 Å². The van der Waals surface area contributed by atoms with E-state index in [1.807, 2.05) is 144 Å². The highest BCUT2D eigenvalue weighted by molar-refractivity contribution is 7.00. The van der Waals surface area contributed by atoms with Crippen LogP contribution >= 0.6 is 0 Å². The minimum absolute atomic E-state index is 0.00230. The summed E-state index contributed by atoms with van der Waals surface area (Å²) >= 11 is 0. The second kappa shape index (κ2) is 21.9. The average Bonchev–Trinajstić information content (AvgIpc) is 1.06. The molecule has 0 N–H and O–H groups in total. The number of para-hydroxylation sites is 4. The highest BCUT2D eigenvalue weighted by Gasteiger charge is 2.46. The van der Waals surface area contributed by atoms with Gasteiger partial charge in [-0.2, -0.15) is 0 Å². The van der Waals surface area contributed by atoms with E-state index in [9.17, 15) is 16.4 Å². The molecule has 2 aliphatic rings. The monoisotopic (exact) mass is 1240 g/mol. The van der Waals surface area contributed by atoms with Gasteiger partial charge >= 0.3 is 0 Å². The Balaban J connectivity index is 1.15. The van der Waals surface area contributed by atoms with E-state index < -0.39 is 95.1 Å². The molecule has 0 radical (unpaired) electrons. The molecule has 4 nitrogen and oxygen atoms in total. The standard InChI is InChI=1S/C90H74BN3O/c1-88(2,3)62-50-71(57-29-14-10-15-30-57)85(72(51-62)58-31-16-11-17-32-58)93-79-49-61(66-40-28-41-70-69-39-24-27-44-83(69)95-87(66)70)45-47-75(79)91-76-48-46-65(92-77-42-25-22-37-67(77)68-38-23-26-43-78(68)92)56-80(76)94(82-55-64(90(7,8)9)54-81(93)84(82)91)86-73(59-33-18-12-19-34-59)52-63(89(4,5)6)53-74(86)60-35-20-13-21-36-60/h10-56H,1-9H3/i22D,23D,25D,26D,37D,38D,42D,43D,45D,46D,47D,48D,49D,56D. The Morgan fingerprint density at radius 1 is 0.347 bits per heavy atom. The molecule has 2 aromatic heterocycles. The number of furan rings is 1. The Kier molecular flexibility index (Phi) is 10.3. The molecule has 2 aliphatic heterocycles. The fourth-order valence-electron chi connectivity index (χ4n) is 14.2. The highest BCUT2D eigenvalue weighted by Crippen LogP contribution is 2.56. The zero-order valence-electron chi connectivity index (χ0n) is 68.4. The first-order valence-electron chi connectivity index (χ1n) is 39.5. The molecule has 5 heteroatoms. The van der Waals surface area contributed by atoms with Gasteiger partial charge in [-0.05, 0) is 150 Å². The third kappa shape index (κ3) is 9.49. The van der Waals surface area contributed by atoms with Crippen LogP contribution in [0.1, 0.15) is 98.2 Å². The van der Waals surface area contributed by atoms with Crippen molar-refractivity contribution in [3.63, 3.8) is 0 Å². The number of hydrogen-bond donors (Lipinski definition) is 0. The van der Waals surface area contributed by atoms with Gasteiger partial charge in [-0.15, -0.1) is 0 Å². The van der Waals surface area contributed by atoms with Crippen LogP contribution in [0.15, 0.2) is 289 Å². The molecule has 15 aromatic rings. The molecule has 0 unspecified atom stereocenters.